The molecule has 0 saturated heterocycles. The van der Waals surface area contributed by atoms with Crippen LogP contribution in [0, 0.1) is 5.82 Å². The summed E-state index contributed by atoms with van der Waals surface area (Å²) in [6.45, 7) is -0.677. The second kappa shape index (κ2) is 11.4. The lowest BCUT2D eigenvalue weighted by Crippen LogP contribution is -2.46. The number of aliphatic hydroxyl groups excluding tert-OH is 2. The van der Waals surface area contributed by atoms with Gasteiger partial charge in [0.1, 0.15) is 11.6 Å². The molecule has 8 nitrogen and oxygen atoms in total. The summed E-state index contributed by atoms with van der Waals surface area (Å²) in [6.07, 6.45) is -4.87. The number of H-pyrrole nitrogens is 1. The number of aromatic amines is 1. The van der Waals surface area contributed by atoms with Gasteiger partial charge in [0.15, 0.2) is 0 Å². The third-order valence-electron chi connectivity index (χ3n) is 5.61. The Balaban J connectivity index is 1.72. The minimum Gasteiger partial charge on any atom is -0.405 e. The molecule has 4 N–H and O–H groups in total. The quantitative estimate of drug-likeness (QED) is 0.244. The number of halogens is 4. The zero-order valence-corrected chi connectivity index (χ0v) is 19.6. The van der Waals surface area contributed by atoms with E-state index in [1.54, 1.807) is 18.2 Å². The number of alkyl halides is 3. The molecule has 0 fully saturated rings. The number of benzene rings is 2. The highest BCUT2D eigenvalue weighted by atomic mass is 19.4. The van der Waals surface area contributed by atoms with Crippen molar-refractivity contribution in [3.8, 4) is 28.3 Å². The van der Waals surface area contributed by atoms with Crippen molar-refractivity contribution in [2.45, 2.75) is 24.9 Å². The molecule has 0 bridgehead atoms. The summed E-state index contributed by atoms with van der Waals surface area (Å²) in [5.41, 5.74) is 0.860. The molecule has 2 heterocycles. The van der Waals surface area contributed by atoms with E-state index in [0.717, 1.165) is 6.07 Å². The first-order chi connectivity index (χ1) is 18.1. The van der Waals surface area contributed by atoms with Crippen molar-refractivity contribution in [3.63, 3.8) is 0 Å². The van der Waals surface area contributed by atoms with Gasteiger partial charge in [-0.25, -0.2) is 4.39 Å². The van der Waals surface area contributed by atoms with Crippen molar-refractivity contribution in [2.24, 2.45) is 0 Å². The van der Waals surface area contributed by atoms with E-state index in [2.05, 4.69) is 25.2 Å². The second-order valence-corrected chi connectivity index (χ2v) is 8.26. The first-order valence-electron chi connectivity index (χ1n) is 11.3. The predicted octanol–water partition coefficient (Wildman–Crippen LogP) is 3.87. The third kappa shape index (κ3) is 6.52. The number of nitrogens with one attached hydrogen (secondary N) is 2. The number of aliphatic hydroxyl groups is 2. The van der Waals surface area contributed by atoms with Crippen molar-refractivity contribution in [2.75, 3.05) is 6.61 Å². The van der Waals surface area contributed by atoms with Gasteiger partial charge in [0.25, 0.3) is 5.91 Å². The average Bonchev–Trinajstić information content (AvgIpc) is 3.37. The molecule has 1 amide bonds. The van der Waals surface area contributed by atoms with E-state index in [-0.39, 0.29) is 28.9 Å². The third-order valence-corrected chi connectivity index (χ3v) is 5.61. The lowest BCUT2D eigenvalue weighted by Gasteiger charge is -2.23. The topological polar surface area (TPSA) is 120 Å². The Morgan fingerprint density at radius 1 is 1.08 bits per heavy atom. The van der Waals surface area contributed by atoms with Gasteiger partial charge in [-0.3, -0.25) is 14.9 Å². The lowest BCUT2D eigenvalue weighted by atomic mass is 9.99. The van der Waals surface area contributed by atoms with Crippen molar-refractivity contribution < 1.29 is 37.3 Å². The summed E-state index contributed by atoms with van der Waals surface area (Å²) >= 11 is 0. The molecular weight excluding hydrogens is 508 g/mol. The number of ether oxygens (including phenoxy) is 1. The fraction of sp³-hybridized carbons (Fsp3) is 0.192. The number of carbonyl (C=O) groups is 1. The molecule has 0 radical (unpaired) electrons. The molecule has 38 heavy (non-hydrogen) atoms. The van der Waals surface area contributed by atoms with Gasteiger partial charge in [0, 0.05) is 23.9 Å². The highest BCUT2D eigenvalue weighted by molar-refractivity contribution is 6.02. The largest absolute Gasteiger partial charge is 0.573 e. The van der Waals surface area contributed by atoms with Crippen LogP contribution in [0.15, 0.2) is 72.9 Å². The number of hydrogen-bond acceptors (Lipinski definition) is 6. The number of amides is 1. The molecule has 2 atom stereocenters. The molecule has 198 valence electrons. The Morgan fingerprint density at radius 3 is 2.50 bits per heavy atom. The molecule has 0 aliphatic heterocycles. The van der Waals surface area contributed by atoms with Gasteiger partial charge in [-0.1, -0.05) is 12.1 Å². The van der Waals surface area contributed by atoms with Crippen molar-refractivity contribution in [3.05, 3.63) is 90.0 Å². The number of pyridine rings is 1. The molecule has 4 aromatic rings. The highest BCUT2D eigenvalue weighted by Crippen LogP contribution is 2.37. The van der Waals surface area contributed by atoms with Gasteiger partial charge < -0.3 is 20.3 Å². The highest BCUT2D eigenvalue weighted by Gasteiger charge is 2.34. The van der Waals surface area contributed by atoms with Gasteiger partial charge in [-0.2, -0.15) is 5.10 Å². The summed E-state index contributed by atoms with van der Waals surface area (Å²) in [5.74, 6) is -1.97. The molecular formula is C26H22F4N4O4. The van der Waals surface area contributed by atoms with Crippen LogP contribution in [0.3, 0.4) is 0 Å². The zero-order chi connectivity index (χ0) is 27.3. The van der Waals surface area contributed by atoms with Gasteiger partial charge in [-0.05, 0) is 54.6 Å². The summed E-state index contributed by atoms with van der Waals surface area (Å²) < 4.78 is 57.2. The number of nitrogens with zero attached hydrogens (tertiary/aromatic N) is 2. The monoisotopic (exact) mass is 530 g/mol. The summed E-state index contributed by atoms with van der Waals surface area (Å²) in [5, 5.41) is 29.1. The molecule has 1 unspecified atom stereocenters. The first kappa shape index (κ1) is 26.8. The van der Waals surface area contributed by atoms with Crippen LogP contribution in [0.2, 0.25) is 0 Å². The van der Waals surface area contributed by atoms with E-state index in [0.29, 0.717) is 11.3 Å². The van der Waals surface area contributed by atoms with E-state index >= 15 is 0 Å². The SMILES string of the molecule is O=C(N[C@H](Cc1ccccn1)C(O)CO)c1cccc(OC(F)(F)F)c1-c1cc(-c2ccc(F)cc2)n[nH]1. The van der Waals surface area contributed by atoms with Gasteiger partial charge >= 0.3 is 6.36 Å². The summed E-state index contributed by atoms with van der Waals surface area (Å²) in [6, 6.07) is 14.3. The van der Waals surface area contributed by atoms with Crippen LogP contribution in [0.5, 0.6) is 5.75 Å². The number of carbonyl (C=O) groups excluding carboxylic acids is 1. The van der Waals surface area contributed by atoms with Gasteiger partial charge in [0.2, 0.25) is 0 Å². The summed E-state index contributed by atoms with van der Waals surface area (Å²) in [7, 11) is 0. The van der Waals surface area contributed by atoms with Crippen LogP contribution in [0.25, 0.3) is 22.5 Å². The molecule has 0 saturated carbocycles. The molecule has 2 aromatic carbocycles. The fourth-order valence-corrected chi connectivity index (χ4v) is 3.83. The Labute approximate surface area is 213 Å². The molecule has 0 aliphatic rings. The maximum absolute atomic E-state index is 13.4. The van der Waals surface area contributed by atoms with E-state index in [1.807, 2.05) is 0 Å². The Bertz CT molecular complexity index is 1380. The maximum Gasteiger partial charge on any atom is 0.573 e. The van der Waals surface area contributed by atoms with E-state index < -0.39 is 42.6 Å². The van der Waals surface area contributed by atoms with Crippen LogP contribution in [0.1, 0.15) is 16.1 Å². The first-order valence-corrected chi connectivity index (χ1v) is 11.3. The molecule has 2 aromatic heterocycles. The van der Waals surface area contributed by atoms with E-state index in [1.165, 1.54) is 48.7 Å². The number of hydrogen-bond donors (Lipinski definition) is 4. The van der Waals surface area contributed by atoms with Crippen molar-refractivity contribution in [1.29, 1.82) is 0 Å². The lowest BCUT2D eigenvalue weighted by molar-refractivity contribution is -0.274. The van der Waals surface area contributed by atoms with Crippen LogP contribution < -0.4 is 10.1 Å². The normalized spacial score (nSPS) is 13.1. The molecule has 4 rings (SSSR count). The van der Waals surface area contributed by atoms with Gasteiger partial charge in [-0.15, -0.1) is 13.2 Å². The van der Waals surface area contributed by atoms with Crippen LogP contribution in [-0.4, -0.2) is 56.4 Å². The average molecular weight is 530 g/mol. The second-order valence-electron chi connectivity index (χ2n) is 8.26. The van der Waals surface area contributed by atoms with Crippen LogP contribution in [0.4, 0.5) is 17.6 Å². The minimum atomic E-state index is -5.06. The smallest absolute Gasteiger partial charge is 0.405 e. The fourth-order valence-electron chi connectivity index (χ4n) is 3.83. The molecule has 12 heteroatoms. The minimum absolute atomic E-state index is 0.0262. The van der Waals surface area contributed by atoms with Crippen molar-refractivity contribution >= 4 is 5.91 Å². The Hall–Kier alpha value is -4.29. The van der Waals surface area contributed by atoms with Crippen LogP contribution in [-0.2, 0) is 6.42 Å². The Morgan fingerprint density at radius 2 is 1.84 bits per heavy atom. The summed E-state index contributed by atoms with van der Waals surface area (Å²) in [4.78, 5) is 17.5. The zero-order valence-electron chi connectivity index (χ0n) is 19.6. The van der Waals surface area contributed by atoms with Crippen molar-refractivity contribution in [1.82, 2.24) is 20.5 Å². The standard InChI is InChI=1S/C26H22F4N4O4/c27-16-9-7-15(8-10-16)19-13-21(34-33-19)24-18(5-3-6-23(24)38-26(28,29)30)25(37)32-20(22(36)14-35)12-17-4-1-2-11-31-17/h1-11,13,20,22,35-36H,12,14H2,(H,32,37)(H,33,34)/t20-,22?/m1/s1. The number of aromatic nitrogens is 3. The maximum atomic E-state index is 13.4. The van der Waals surface area contributed by atoms with E-state index in [4.69, 9.17) is 0 Å². The van der Waals surface area contributed by atoms with E-state index in [9.17, 15) is 32.6 Å². The predicted molar refractivity (Wildman–Crippen MR) is 128 cm³/mol. The Kier molecular flexibility index (Phi) is 8.03. The van der Waals surface area contributed by atoms with Crippen LogP contribution >= 0.6 is 0 Å². The van der Waals surface area contributed by atoms with Gasteiger partial charge in [0.05, 0.1) is 41.3 Å². The molecule has 0 spiro atoms. The number of rotatable bonds is 9. The molecule has 0 aliphatic carbocycles.